The number of hydrogen-bond donors (Lipinski definition) is 0. The Morgan fingerprint density at radius 2 is 2.20 bits per heavy atom. The van der Waals surface area contributed by atoms with E-state index in [2.05, 4.69) is 16.9 Å². The van der Waals surface area contributed by atoms with Crippen LogP contribution in [0.2, 0.25) is 0 Å². The third kappa shape index (κ3) is 2.89. The molecule has 0 aliphatic carbocycles. The smallest absolute Gasteiger partial charge is 0.160 e. The van der Waals surface area contributed by atoms with Crippen LogP contribution in [0.25, 0.3) is 0 Å². The average Bonchev–Trinajstić information content (AvgIpc) is 2.29. The van der Waals surface area contributed by atoms with Gasteiger partial charge in [0.15, 0.2) is 5.82 Å². The third-order valence-corrected chi connectivity index (χ3v) is 2.73. The maximum atomic E-state index is 5.74. The molecule has 1 unspecified atom stereocenters. The first-order valence-electron chi connectivity index (χ1n) is 5.18. The van der Waals surface area contributed by atoms with Gasteiger partial charge in [0.25, 0.3) is 0 Å². The van der Waals surface area contributed by atoms with Crippen molar-refractivity contribution in [1.82, 2.24) is 9.97 Å². The maximum Gasteiger partial charge on any atom is 0.160 e. The molecule has 1 atom stereocenters. The molecular weight excluding hydrogens is 212 g/mol. The van der Waals surface area contributed by atoms with E-state index in [1.165, 1.54) is 0 Å². The second-order valence-electron chi connectivity index (χ2n) is 3.52. The van der Waals surface area contributed by atoms with Crippen molar-refractivity contribution in [3.63, 3.8) is 0 Å². The zero-order chi connectivity index (χ0) is 11.3. The third-order valence-electron chi connectivity index (χ3n) is 2.46. The van der Waals surface area contributed by atoms with E-state index < -0.39 is 5.60 Å². The van der Waals surface area contributed by atoms with Crippen LogP contribution in [0.1, 0.15) is 38.7 Å². The fourth-order valence-corrected chi connectivity index (χ4v) is 1.52. The first kappa shape index (κ1) is 12.4. The summed E-state index contributed by atoms with van der Waals surface area (Å²) in [7, 11) is 0. The minimum Gasteiger partial charge on any atom is -0.368 e. The molecule has 1 rings (SSSR count). The Morgan fingerprint density at radius 1 is 1.47 bits per heavy atom. The fraction of sp³-hybridized carbons (Fsp3) is 0.636. The van der Waals surface area contributed by atoms with Gasteiger partial charge in [-0.3, -0.25) is 0 Å². The molecule has 1 aromatic heterocycles. The number of hydrogen-bond acceptors (Lipinski definition) is 3. The topological polar surface area (TPSA) is 35.0 Å². The van der Waals surface area contributed by atoms with Gasteiger partial charge in [-0.2, -0.15) is 0 Å². The summed E-state index contributed by atoms with van der Waals surface area (Å²) in [5.41, 5.74) is 0.428. The summed E-state index contributed by atoms with van der Waals surface area (Å²) in [6, 6.07) is 1.82. The summed E-state index contributed by atoms with van der Waals surface area (Å²) in [6.07, 6.45) is 2.57. The number of alkyl halides is 1. The van der Waals surface area contributed by atoms with Gasteiger partial charge in [-0.05, 0) is 26.3 Å². The highest BCUT2D eigenvalue weighted by Gasteiger charge is 2.28. The molecule has 1 aromatic rings. The maximum absolute atomic E-state index is 5.74. The summed E-state index contributed by atoms with van der Waals surface area (Å²) < 4.78 is 5.70. The Kier molecular flexibility index (Phi) is 4.48. The Morgan fingerprint density at radius 3 is 2.73 bits per heavy atom. The van der Waals surface area contributed by atoms with Crippen LogP contribution in [-0.2, 0) is 16.2 Å². The van der Waals surface area contributed by atoms with E-state index >= 15 is 0 Å². The largest absolute Gasteiger partial charge is 0.368 e. The van der Waals surface area contributed by atoms with E-state index in [1.807, 2.05) is 19.9 Å². The van der Waals surface area contributed by atoms with E-state index in [0.29, 0.717) is 18.3 Å². The van der Waals surface area contributed by atoms with Crippen molar-refractivity contribution in [3.05, 3.63) is 23.8 Å². The molecule has 0 aliphatic rings. The molecule has 0 fully saturated rings. The van der Waals surface area contributed by atoms with Crippen molar-refractivity contribution in [2.24, 2.45) is 0 Å². The molecule has 0 amide bonds. The Hall–Kier alpha value is -0.670. The van der Waals surface area contributed by atoms with E-state index in [4.69, 9.17) is 16.3 Å². The molecule has 0 aliphatic heterocycles. The molecule has 0 spiro atoms. The van der Waals surface area contributed by atoms with E-state index in [0.717, 1.165) is 12.1 Å². The lowest BCUT2D eigenvalue weighted by molar-refractivity contribution is -0.0391. The summed E-state index contributed by atoms with van der Waals surface area (Å²) in [4.78, 5) is 8.64. The van der Waals surface area contributed by atoms with Gasteiger partial charge in [-0.1, -0.05) is 6.92 Å². The molecule has 0 bridgehead atoms. The van der Waals surface area contributed by atoms with Crippen molar-refractivity contribution in [1.29, 1.82) is 0 Å². The quantitative estimate of drug-likeness (QED) is 0.727. The van der Waals surface area contributed by atoms with Gasteiger partial charge in [0, 0.05) is 12.8 Å². The molecule has 15 heavy (non-hydrogen) atoms. The molecule has 1 heterocycles. The summed E-state index contributed by atoms with van der Waals surface area (Å²) in [6.45, 7) is 6.69. The highest BCUT2D eigenvalue weighted by Crippen LogP contribution is 2.25. The van der Waals surface area contributed by atoms with Crippen molar-refractivity contribution in [2.75, 3.05) is 6.61 Å². The van der Waals surface area contributed by atoms with Crippen LogP contribution in [0.3, 0.4) is 0 Å². The summed E-state index contributed by atoms with van der Waals surface area (Å²) >= 11 is 5.74. The second kappa shape index (κ2) is 5.42. The van der Waals surface area contributed by atoms with Gasteiger partial charge >= 0.3 is 0 Å². The Labute approximate surface area is 95.8 Å². The number of halogens is 1. The van der Waals surface area contributed by atoms with Crippen LogP contribution in [0.4, 0.5) is 0 Å². The van der Waals surface area contributed by atoms with Gasteiger partial charge in [0.1, 0.15) is 5.60 Å². The van der Waals surface area contributed by atoms with Crippen molar-refractivity contribution < 1.29 is 4.74 Å². The van der Waals surface area contributed by atoms with Gasteiger partial charge in [-0.15, -0.1) is 11.6 Å². The van der Waals surface area contributed by atoms with Crippen molar-refractivity contribution in [2.45, 2.75) is 38.7 Å². The number of rotatable bonds is 5. The standard InChI is InChI=1S/C11H17ClN2O/c1-4-11(3,15-5-2)10-13-7-6-9(8-12)14-10/h6-7H,4-5,8H2,1-3H3. The van der Waals surface area contributed by atoms with Crippen LogP contribution in [0.15, 0.2) is 12.3 Å². The second-order valence-corrected chi connectivity index (χ2v) is 3.79. The first-order chi connectivity index (χ1) is 7.16. The van der Waals surface area contributed by atoms with Crippen LogP contribution in [-0.4, -0.2) is 16.6 Å². The number of ether oxygens (including phenoxy) is 1. The van der Waals surface area contributed by atoms with E-state index in [-0.39, 0.29) is 0 Å². The summed E-state index contributed by atoms with van der Waals surface area (Å²) in [5.74, 6) is 1.12. The molecule has 0 aromatic carbocycles. The zero-order valence-electron chi connectivity index (χ0n) is 9.46. The molecule has 0 saturated heterocycles. The van der Waals surface area contributed by atoms with Crippen LogP contribution in [0, 0.1) is 0 Å². The van der Waals surface area contributed by atoms with Gasteiger partial charge < -0.3 is 4.74 Å². The highest BCUT2D eigenvalue weighted by atomic mass is 35.5. The molecule has 0 saturated carbocycles. The minimum atomic E-state index is -0.406. The van der Waals surface area contributed by atoms with Crippen molar-refractivity contribution in [3.8, 4) is 0 Å². The lowest BCUT2D eigenvalue weighted by Gasteiger charge is -2.26. The molecule has 4 heteroatoms. The van der Waals surface area contributed by atoms with E-state index in [1.54, 1.807) is 6.20 Å². The van der Waals surface area contributed by atoms with Gasteiger partial charge in [-0.25, -0.2) is 9.97 Å². The fourth-order valence-electron chi connectivity index (χ4n) is 1.37. The predicted octanol–water partition coefficient (Wildman–Crippen LogP) is 2.88. The normalized spacial score (nSPS) is 14.9. The molecule has 84 valence electrons. The lowest BCUT2D eigenvalue weighted by atomic mass is 10.0. The monoisotopic (exact) mass is 228 g/mol. The minimum absolute atomic E-state index is 0.404. The lowest BCUT2D eigenvalue weighted by Crippen LogP contribution is -2.28. The molecular formula is C11H17ClN2O. The van der Waals surface area contributed by atoms with Crippen LogP contribution < -0.4 is 0 Å². The number of aromatic nitrogens is 2. The van der Waals surface area contributed by atoms with Crippen LogP contribution >= 0.6 is 11.6 Å². The van der Waals surface area contributed by atoms with Gasteiger partial charge in [0.2, 0.25) is 0 Å². The van der Waals surface area contributed by atoms with Crippen molar-refractivity contribution >= 4 is 11.6 Å². The highest BCUT2D eigenvalue weighted by molar-refractivity contribution is 6.16. The SMILES string of the molecule is CCOC(C)(CC)c1nccc(CCl)n1. The average molecular weight is 229 g/mol. The Balaban J connectivity index is 3.00. The molecule has 0 radical (unpaired) electrons. The molecule has 3 nitrogen and oxygen atoms in total. The molecule has 0 N–H and O–H groups in total. The van der Waals surface area contributed by atoms with Gasteiger partial charge in [0.05, 0.1) is 11.6 Å². The zero-order valence-corrected chi connectivity index (χ0v) is 10.2. The summed E-state index contributed by atoms with van der Waals surface area (Å²) in [5, 5.41) is 0. The Bertz CT molecular complexity index is 319. The number of nitrogens with zero attached hydrogens (tertiary/aromatic N) is 2. The van der Waals surface area contributed by atoms with E-state index in [9.17, 15) is 0 Å². The predicted molar refractivity (Wildman–Crippen MR) is 60.9 cm³/mol. The first-order valence-corrected chi connectivity index (χ1v) is 5.72. The van der Waals surface area contributed by atoms with Crippen LogP contribution in [0.5, 0.6) is 0 Å².